The monoisotopic (exact) mass is 344 g/mol. The van der Waals surface area contributed by atoms with Crippen LogP contribution in [0, 0.1) is 0 Å². The Hall–Kier alpha value is -2.56. The highest BCUT2D eigenvalue weighted by Gasteiger charge is 2.22. The molecule has 0 radical (unpaired) electrons. The molecule has 2 aromatic carbocycles. The quantitative estimate of drug-likeness (QED) is 0.726. The third-order valence-electron chi connectivity index (χ3n) is 4.02. The molecule has 2 rings (SSSR count). The fraction of sp³-hybridized carbons (Fsp3) is 0.400. The highest BCUT2D eigenvalue weighted by molar-refractivity contribution is 5.84. The predicted molar refractivity (Wildman–Crippen MR) is 104 cm³/mol. The number of anilines is 2. The molecule has 0 aromatic heterocycles. The van der Waals surface area contributed by atoms with Crippen LogP contribution >= 0.6 is 0 Å². The van der Waals surface area contributed by atoms with Crippen molar-refractivity contribution < 1.29 is 14.2 Å². The third-order valence-corrected chi connectivity index (χ3v) is 4.02. The van der Waals surface area contributed by atoms with Crippen LogP contribution in [0.3, 0.4) is 0 Å². The van der Waals surface area contributed by atoms with Crippen molar-refractivity contribution in [3.8, 4) is 28.4 Å². The van der Waals surface area contributed by atoms with E-state index >= 15 is 0 Å². The van der Waals surface area contributed by atoms with Gasteiger partial charge in [-0.1, -0.05) is 13.8 Å². The first kappa shape index (κ1) is 18.8. The molecule has 0 bridgehead atoms. The molecule has 5 nitrogen and oxygen atoms in total. The minimum atomic E-state index is 0.229. The minimum Gasteiger partial charge on any atom is -0.493 e. The fourth-order valence-electron chi connectivity index (χ4n) is 3.01. The Balaban J connectivity index is 2.80. The molecule has 0 fully saturated rings. The second kappa shape index (κ2) is 8.01. The van der Waals surface area contributed by atoms with Crippen LogP contribution in [0.4, 0.5) is 11.4 Å². The Morgan fingerprint density at radius 3 is 1.84 bits per heavy atom. The van der Waals surface area contributed by atoms with Crippen LogP contribution < -0.4 is 25.7 Å². The van der Waals surface area contributed by atoms with Crippen molar-refractivity contribution >= 4 is 11.4 Å². The highest BCUT2D eigenvalue weighted by Crippen LogP contribution is 2.47. The molecule has 4 N–H and O–H groups in total. The van der Waals surface area contributed by atoms with Crippen LogP contribution in [-0.4, -0.2) is 20.3 Å². The summed E-state index contributed by atoms with van der Waals surface area (Å²) in [5.41, 5.74) is 16.3. The molecule has 5 heteroatoms. The maximum atomic E-state index is 6.22. The van der Waals surface area contributed by atoms with E-state index in [4.69, 9.17) is 25.7 Å². The fourth-order valence-corrected chi connectivity index (χ4v) is 3.01. The SMILES string of the molecule is CCOc1c(-c2ccc(N)c(C(C)C)c2OCC)ccc(N)c1OC. The van der Waals surface area contributed by atoms with E-state index < -0.39 is 0 Å². The molecule has 0 saturated heterocycles. The van der Waals surface area contributed by atoms with Gasteiger partial charge in [-0.25, -0.2) is 0 Å². The van der Waals surface area contributed by atoms with E-state index in [9.17, 15) is 0 Å². The van der Waals surface area contributed by atoms with Crippen molar-refractivity contribution in [3.05, 3.63) is 29.8 Å². The Morgan fingerprint density at radius 2 is 1.32 bits per heavy atom. The van der Waals surface area contributed by atoms with Gasteiger partial charge in [-0.3, -0.25) is 0 Å². The Morgan fingerprint density at radius 1 is 0.800 bits per heavy atom. The van der Waals surface area contributed by atoms with Crippen molar-refractivity contribution in [3.63, 3.8) is 0 Å². The number of hydrogen-bond donors (Lipinski definition) is 2. The highest BCUT2D eigenvalue weighted by atomic mass is 16.5. The second-order valence-corrected chi connectivity index (χ2v) is 6.03. The van der Waals surface area contributed by atoms with E-state index in [1.54, 1.807) is 7.11 Å². The molecule has 0 atom stereocenters. The number of rotatable bonds is 7. The average Bonchev–Trinajstić information content (AvgIpc) is 2.56. The van der Waals surface area contributed by atoms with Crippen LogP contribution in [0.5, 0.6) is 17.2 Å². The molecular formula is C20H28N2O3. The Labute approximate surface area is 149 Å². The largest absolute Gasteiger partial charge is 0.493 e. The molecule has 0 aliphatic rings. The zero-order valence-electron chi connectivity index (χ0n) is 15.7. The molecule has 0 unspecified atom stereocenters. The van der Waals surface area contributed by atoms with E-state index in [0.29, 0.717) is 30.4 Å². The van der Waals surface area contributed by atoms with Crippen molar-refractivity contribution in [2.24, 2.45) is 0 Å². The van der Waals surface area contributed by atoms with Gasteiger partial charge in [0.1, 0.15) is 5.75 Å². The zero-order valence-corrected chi connectivity index (χ0v) is 15.7. The van der Waals surface area contributed by atoms with Crippen molar-refractivity contribution in [2.45, 2.75) is 33.6 Å². The van der Waals surface area contributed by atoms with Crippen LogP contribution in [-0.2, 0) is 0 Å². The lowest BCUT2D eigenvalue weighted by Crippen LogP contribution is -2.06. The normalized spacial score (nSPS) is 10.8. The van der Waals surface area contributed by atoms with Crippen LogP contribution in [0.2, 0.25) is 0 Å². The van der Waals surface area contributed by atoms with Gasteiger partial charge >= 0.3 is 0 Å². The molecule has 0 amide bonds. The van der Waals surface area contributed by atoms with E-state index in [1.165, 1.54) is 0 Å². The summed E-state index contributed by atoms with van der Waals surface area (Å²) in [6, 6.07) is 7.62. The van der Waals surface area contributed by atoms with Gasteiger partial charge < -0.3 is 25.7 Å². The number of ether oxygens (including phenoxy) is 3. The van der Waals surface area contributed by atoms with Crippen LogP contribution in [0.1, 0.15) is 39.2 Å². The molecule has 136 valence electrons. The van der Waals surface area contributed by atoms with Gasteiger partial charge in [0.15, 0.2) is 11.5 Å². The van der Waals surface area contributed by atoms with E-state index in [-0.39, 0.29) is 5.92 Å². The summed E-state index contributed by atoms with van der Waals surface area (Å²) in [6.45, 7) is 9.15. The maximum Gasteiger partial charge on any atom is 0.184 e. The molecule has 0 saturated carbocycles. The second-order valence-electron chi connectivity index (χ2n) is 6.03. The first-order chi connectivity index (χ1) is 12.0. The molecular weight excluding hydrogens is 316 g/mol. The topological polar surface area (TPSA) is 79.7 Å². The third kappa shape index (κ3) is 3.60. The molecule has 0 spiro atoms. The first-order valence-electron chi connectivity index (χ1n) is 8.60. The summed E-state index contributed by atoms with van der Waals surface area (Å²) in [5.74, 6) is 2.16. The average molecular weight is 344 g/mol. The predicted octanol–water partition coefficient (Wildman–Crippen LogP) is 4.45. The van der Waals surface area contributed by atoms with Crippen LogP contribution in [0.25, 0.3) is 11.1 Å². The number of benzene rings is 2. The minimum absolute atomic E-state index is 0.229. The van der Waals surface area contributed by atoms with Crippen LogP contribution in [0.15, 0.2) is 24.3 Å². The van der Waals surface area contributed by atoms with Gasteiger partial charge in [0, 0.05) is 22.4 Å². The van der Waals surface area contributed by atoms with Gasteiger partial charge in [-0.15, -0.1) is 0 Å². The lowest BCUT2D eigenvalue weighted by atomic mass is 9.93. The molecule has 0 aliphatic carbocycles. The Kier molecular flexibility index (Phi) is 6.02. The van der Waals surface area contributed by atoms with Crippen molar-refractivity contribution in [2.75, 3.05) is 31.8 Å². The summed E-state index contributed by atoms with van der Waals surface area (Å²) in [4.78, 5) is 0. The number of methoxy groups -OCH3 is 1. The van der Waals surface area contributed by atoms with E-state index in [1.807, 2.05) is 38.1 Å². The summed E-state index contributed by atoms with van der Waals surface area (Å²) in [6.07, 6.45) is 0. The van der Waals surface area contributed by atoms with Gasteiger partial charge in [0.25, 0.3) is 0 Å². The summed E-state index contributed by atoms with van der Waals surface area (Å²) in [7, 11) is 1.59. The van der Waals surface area contributed by atoms with Crippen molar-refractivity contribution in [1.82, 2.24) is 0 Å². The Bertz CT molecular complexity index is 742. The molecule has 0 heterocycles. The lowest BCUT2D eigenvalue weighted by molar-refractivity contribution is 0.312. The van der Waals surface area contributed by atoms with Crippen molar-refractivity contribution in [1.29, 1.82) is 0 Å². The zero-order chi connectivity index (χ0) is 18.6. The summed E-state index contributed by atoms with van der Waals surface area (Å²) in [5, 5.41) is 0. The van der Waals surface area contributed by atoms with E-state index in [0.717, 1.165) is 28.1 Å². The number of hydrogen-bond acceptors (Lipinski definition) is 5. The molecule has 25 heavy (non-hydrogen) atoms. The van der Waals surface area contributed by atoms with Gasteiger partial charge in [-0.05, 0) is 44.0 Å². The first-order valence-corrected chi connectivity index (χ1v) is 8.60. The van der Waals surface area contributed by atoms with Gasteiger partial charge in [-0.2, -0.15) is 0 Å². The molecule has 0 aliphatic heterocycles. The summed E-state index contributed by atoms with van der Waals surface area (Å²) < 4.78 is 17.3. The number of nitrogen functional groups attached to an aromatic ring is 2. The van der Waals surface area contributed by atoms with Gasteiger partial charge in [0.05, 0.1) is 26.0 Å². The molecule has 2 aromatic rings. The number of nitrogens with two attached hydrogens (primary N) is 2. The van der Waals surface area contributed by atoms with E-state index in [2.05, 4.69) is 13.8 Å². The lowest BCUT2D eigenvalue weighted by Gasteiger charge is -2.22. The smallest absolute Gasteiger partial charge is 0.184 e. The summed E-state index contributed by atoms with van der Waals surface area (Å²) >= 11 is 0. The maximum absolute atomic E-state index is 6.22. The standard InChI is InChI=1S/C20H28N2O3/c1-6-24-18-13(8-10-15(21)17(18)12(3)4)14-9-11-16(22)20(23-5)19(14)25-7-2/h8-12H,6-7,21-22H2,1-5H3. The van der Waals surface area contributed by atoms with Gasteiger partial charge in [0.2, 0.25) is 0 Å².